The molecule has 1 aromatic heterocycles. The first-order chi connectivity index (χ1) is 13.0. The van der Waals surface area contributed by atoms with Crippen molar-refractivity contribution in [1.82, 2.24) is 4.90 Å². The quantitative estimate of drug-likeness (QED) is 0.581. The van der Waals surface area contributed by atoms with E-state index in [4.69, 9.17) is 25.5 Å². The summed E-state index contributed by atoms with van der Waals surface area (Å²) in [5.74, 6) is 0.953. The molecular weight excluding hydrogens is 370 g/mol. The molecule has 0 N–H and O–H groups in total. The fourth-order valence-electron chi connectivity index (χ4n) is 2.34. The molecule has 0 aliphatic heterocycles. The van der Waals surface area contributed by atoms with Crippen molar-refractivity contribution < 1.29 is 18.7 Å². The van der Waals surface area contributed by atoms with Crippen LogP contribution in [0.4, 0.5) is 0 Å². The number of carbonyl (C=O) groups is 1. The van der Waals surface area contributed by atoms with Crippen molar-refractivity contribution in [3.8, 4) is 11.5 Å². The molecule has 3 aromatic rings. The molecule has 1 heterocycles. The molecule has 140 valence electrons. The second-order valence-electron chi connectivity index (χ2n) is 5.86. The first kappa shape index (κ1) is 18.8. The molecule has 7 heteroatoms. The van der Waals surface area contributed by atoms with Gasteiger partial charge in [-0.3, -0.25) is 4.79 Å². The predicted molar refractivity (Wildman–Crippen MR) is 103 cm³/mol. The van der Waals surface area contributed by atoms with E-state index in [1.165, 1.54) is 11.0 Å². The lowest BCUT2D eigenvalue weighted by molar-refractivity contribution is -0.132. The number of fused-ring (bicyclic) bond motifs is 1. The van der Waals surface area contributed by atoms with Gasteiger partial charge in [-0.25, -0.2) is 4.79 Å². The van der Waals surface area contributed by atoms with Gasteiger partial charge in [0.1, 0.15) is 23.7 Å². The summed E-state index contributed by atoms with van der Waals surface area (Å²) in [4.78, 5) is 25.0. The second kappa shape index (κ2) is 8.60. The maximum absolute atomic E-state index is 12.2. The molecule has 6 nitrogen and oxygen atoms in total. The standard InChI is InChI=1S/C20H18ClNO5/c1-22(10-11-25-16-7-4-15(21)5-8-16)19(23)13-26-17-6-2-14-3-9-20(24)27-18(14)12-17/h2-9,12H,10-11,13H2,1H3. The minimum Gasteiger partial charge on any atom is -0.492 e. The zero-order valence-corrected chi connectivity index (χ0v) is 15.4. The smallest absolute Gasteiger partial charge is 0.336 e. The number of hydrogen-bond acceptors (Lipinski definition) is 5. The maximum atomic E-state index is 12.2. The molecule has 0 aliphatic rings. The predicted octanol–water partition coefficient (Wildman–Crippen LogP) is 3.36. The lowest BCUT2D eigenvalue weighted by Gasteiger charge is -2.18. The second-order valence-corrected chi connectivity index (χ2v) is 6.30. The van der Waals surface area contributed by atoms with Gasteiger partial charge in [0.2, 0.25) is 0 Å². The van der Waals surface area contributed by atoms with Crippen LogP contribution in [0.1, 0.15) is 0 Å². The number of benzene rings is 2. The highest BCUT2D eigenvalue weighted by Crippen LogP contribution is 2.19. The van der Waals surface area contributed by atoms with Crippen LogP contribution in [0.2, 0.25) is 5.02 Å². The van der Waals surface area contributed by atoms with E-state index in [0.29, 0.717) is 35.3 Å². The van der Waals surface area contributed by atoms with E-state index in [1.807, 2.05) is 0 Å². The van der Waals surface area contributed by atoms with Crippen LogP contribution in [0.3, 0.4) is 0 Å². The van der Waals surface area contributed by atoms with E-state index < -0.39 is 5.63 Å². The average Bonchev–Trinajstić information content (AvgIpc) is 2.67. The van der Waals surface area contributed by atoms with Crippen molar-refractivity contribution in [3.05, 3.63) is 70.0 Å². The molecule has 0 unspecified atom stereocenters. The van der Waals surface area contributed by atoms with E-state index in [0.717, 1.165) is 5.39 Å². The van der Waals surface area contributed by atoms with Gasteiger partial charge in [0.25, 0.3) is 5.91 Å². The van der Waals surface area contributed by atoms with Gasteiger partial charge in [-0.05, 0) is 42.5 Å². The summed E-state index contributed by atoms with van der Waals surface area (Å²) in [6, 6.07) is 15.1. The Bertz CT molecular complexity index is 984. The molecule has 2 aromatic carbocycles. The highest BCUT2D eigenvalue weighted by molar-refractivity contribution is 6.30. The van der Waals surface area contributed by atoms with Crippen molar-refractivity contribution in [2.24, 2.45) is 0 Å². The fourth-order valence-corrected chi connectivity index (χ4v) is 2.47. The SMILES string of the molecule is CN(CCOc1ccc(Cl)cc1)C(=O)COc1ccc2ccc(=O)oc2c1. The summed E-state index contributed by atoms with van der Waals surface area (Å²) in [7, 11) is 1.68. The van der Waals surface area contributed by atoms with Crippen LogP contribution >= 0.6 is 11.6 Å². The number of nitrogens with zero attached hydrogens (tertiary/aromatic N) is 1. The van der Waals surface area contributed by atoms with E-state index in [2.05, 4.69) is 0 Å². The topological polar surface area (TPSA) is 69.0 Å². The fraction of sp³-hybridized carbons (Fsp3) is 0.200. The Morgan fingerprint density at radius 1 is 1.04 bits per heavy atom. The van der Waals surface area contributed by atoms with Crippen molar-refractivity contribution >= 4 is 28.5 Å². The molecule has 0 bridgehead atoms. The largest absolute Gasteiger partial charge is 0.492 e. The third-order valence-electron chi connectivity index (χ3n) is 3.89. The van der Waals surface area contributed by atoms with Crippen molar-refractivity contribution in [2.45, 2.75) is 0 Å². The number of ether oxygens (including phenoxy) is 2. The molecule has 0 radical (unpaired) electrons. The zero-order valence-electron chi connectivity index (χ0n) is 14.7. The van der Waals surface area contributed by atoms with Crippen LogP contribution in [0.5, 0.6) is 11.5 Å². The Morgan fingerprint density at radius 2 is 1.74 bits per heavy atom. The highest BCUT2D eigenvalue weighted by atomic mass is 35.5. The Morgan fingerprint density at radius 3 is 2.52 bits per heavy atom. The monoisotopic (exact) mass is 387 g/mol. The van der Waals surface area contributed by atoms with E-state index in [1.54, 1.807) is 55.6 Å². The van der Waals surface area contributed by atoms with Gasteiger partial charge in [-0.15, -0.1) is 0 Å². The number of carbonyl (C=O) groups excluding carboxylic acids is 1. The van der Waals surface area contributed by atoms with Crippen molar-refractivity contribution in [2.75, 3.05) is 26.8 Å². The molecule has 0 atom stereocenters. The molecule has 0 fully saturated rings. The first-order valence-corrected chi connectivity index (χ1v) is 8.68. The normalized spacial score (nSPS) is 10.6. The molecule has 0 aliphatic carbocycles. The minimum atomic E-state index is -0.434. The Hall–Kier alpha value is -2.99. The molecule has 0 saturated carbocycles. The van der Waals surface area contributed by atoms with Gasteiger partial charge < -0.3 is 18.8 Å². The lowest BCUT2D eigenvalue weighted by Crippen LogP contribution is -2.34. The van der Waals surface area contributed by atoms with Gasteiger partial charge in [-0.1, -0.05) is 11.6 Å². The van der Waals surface area contributed by atoms with Crippen LogP contribution in [0.15, 0.2) is 63.8 Å². The summed E-state index contributed by atoms with van der Waals surface area (Å²) in [6.45, 7) is 0.641. The van der Waals surface area contributed by atoms with Gasteiger partial charge in [0.15, 0.2) is 6.61 Å². The number of hydrogen-bond donors (Lipinski definition) is 0. The van der Waals surface area contributed by atoms with Gasteiger partial charge >= 0.3 is 5.63 Å². The van der Waals surface area contributed by atoms with E-state index in [9.17, 15) is 9.59 Å². The summed E-state index contributed by atoms with van der Waals surface area (Å²) >= 11 is 5.82. The third kappa shape index (κ3) is 5.24. The molecular formula is C20H18ClNO5. The highest BCUT2D eigenvalue weighted by Gasteiger charge is 2.10. The maximum Gasteiger partial charge on any atom is 0.336 e. The Labute approximate surface area is 160 Å². The van der Waals surface area contributed by atoms with E-state index >= 15 is 0 Å². The summed E-state index contributed by atoms with van der Waals surface area (Å²) in [5, 5.41) is 1.42. The molecule has 3 rings (SSSR count). The first-order valence-electron chi connectivity index (χ1n) is 8.30. The van der Waals surface area contributed by atoms with Gasteiger partial charge in [-0.2, -0.15) is 0 Å². The molecule has 1 amide bonds. The van der Waals surface area contributed by atoms with Crippen LogP contribution in [0.25, 0.3) is 11.0 Å². The summed E-state index contributed by atoms with van der Waals surface area (Å²) in [5.41, 5.74) is -0.0201. The molecule has 0 saturated heterocycles. The Balaban J connectivity index is 1.48. The number of rotatable bonds is 7. The van der Waals surface area contributed by atoms with Gasteiger partial charge in [0.05, 0.1) is 6.54 Å². The third-order valence-corrected chi connectivity index (χ3v) is 4.14. The van der Waals surface area contributed by atoms with Crippen molar-refractivity contribution in [3.63, 3.8) is 0 Å². The molecule has 27 heavy (non-hydrogen) atoms. The van der Waals surface area contributed by atoms with Crippen LogP contribution in [-0.2, 0) is 4.79 Å². The van der Waals surface area contributed by atoms with Gasteiger partial charge in [0, 0.05) is 29.6 Å². The zero-order chi connectivity index (χ0) is 19.2. The van der Waals surface area contributed by atoms with Crippen LogP contribution in [0, 0.1) is 0 Å². The molecule has 0 spiro atoms. The summed E-state index contributed by atoms with van der Waals surface area (Å²) in [6.07, 6.45) is 0. The van der Waals surface area contributed by atoms with Crippen LogP contribution < -0.4 is 15.1 Å². The van der Waals surface area contributed by atoms with Crippen LogP contribution in [-0.4, -0.2) is 37.6 Å². The minimum absolute atomic E-state index is 0.125. The summed E-state index contributed by atoms with van der Waals surface area (Å²) < 4.78 is 16.2. The lowest BCUT2D eigenvalue weighted by atomic mass is 10.2. The van der Waals surface area contributed by atoms with E-state index in [-0.39, 0.29) is 12.5 Å². The Kier molecular flexibility index (Phi) is 5.98. The number of halogens is 1. The number of amides is 1. The van der Waals surface area contributed by atoms with Crippen molar-refractivity contribution in [1.29, 1.82) is 0 Å². The number of likely N-dealkylation sites (N-methyl/N-ethyl adjacent to an activating group) is 1. The average molecular weight is 388 g/mol.